The Morgan fingerprint density at radius 1 is 0.909 bits per heavy atom. The molecule has 0 saturated heterocycles. The van der Waals surface area contributed by atoms with Gasteiger partial charge in [-0.1, -0.05) is 49.1 Å². The van der Waals surface area contributed by atoms with Crippen molar-refractivity contribution in [1.29, 1.82) is 0 Å². The molecule has 0 spiro atoms. The fourth-order valence-electron chi connectivity index (χ4n) is 0. The third kappa shape index (κ3) is 17.6. The molecule has 0 amide bonds. The van der Waals surface area contributed by atoms with Crippen LogP contribution in [0.15, 0.2) is 49.1 Å². The molecule has 0 aliphatic carbocycles. The van der Waals surface area contributed by atoms with E-state index in [1.165, 1.54) is 0 Å². The highest BCUT2D eigenvalue weighted by Gasteiger charge is 1.77. The molecule has 0 unspecified atom stereocenters. The van der Waals surface area contributed by atoms with Gasteiger partial charge in [-0.25, -0.2) is 0 Å². The van der Waals surface area contributed by atoms with Crippen LogP contribution in [0.5, 0.6) is 0 Å². The zero-order valence-electron chi connectivity index (χ0n) is 7.91. The highest BCUT2D eigenvalue weighted by atomic mass is 13.8. The van der Waals surface area contributed by atoms with E-state index >= 15 is 0 Å². The lowest BCUT2D eigenvalue weighted by atomic mass is 10.2. The largest absolute Gasteiger partial charge is 0.0988 e. The van der Waals surface area contributed by atoms with Crippen LogP contribution in [0.3, 0.4) is 0 Å². The standard InChI is InChI=1S/C6H10.C5H8/c1-5(2)6(3)4;1-4-5(2)3/h1,3H2,2,4H3;4H,1-2H2,3H3. The summed E-state index contributed by atoms with van der Waals surface area (Å²) in [5.74, 6) is 0. The fraction of sp³-hybridized carbons (Fsp3) is 0.273. The first kappa shape index (κ1) is 12.6. The molecule has 0 heteroatoms. The Labute approximate surface area is 70.6 Å². The number of rotatable bonds is 2. The van der Waals surface area contributed by atoms with Crippen molar-refractivity contribution in [2.24, 2.45) is 0 Å². The Kier molecular flexibility index (Phi) is 8.11. The zero-order chi connectivity index (χ0) is 9.44. The molecule has 0 aromatic carbocycles. The van der Waals surface area contributed by atoms with E-state index in [0.29, 0.717) is 0 Å². The van der Waals surface area contributed by atoms with Gasteiger partial charge >= 0.3 is 0 Å². The third-order valence-electron chi connectivity index (χ3n) is 1.08. The van der Waals surface area contributed by atoms with Crippen molar-refractivity contribution in [2.75, 3.05) is 0 Å². The van der Waals surface area contributed by atoms with E-state index in [-0.39, 0.29) is 0 Å². The predicted octanol–water partition coefficient (Wildman–Crippen LogP) is 3.89. The summed E-state index contributed by atoms with van der Waals surface area (Å²) in [6, 6.07) is 0. The smallest absolute Gasteiger partial charge is 0.0401 e. The van der Waals surface area contributed by atoms with E-state index in [4.69, 9.17) is 0 Å². The van der Waals surface area contributed by atoms with E-state index < -0.39 is 0 Å². The van der Waals surface area contributed by atoms with Gasteiger partial charge in [-0.2, -0.15) is 0 Å². The maximum Gasteiger partial charge on any atom is -0.0401 e. The average molecular weight is 150 g/mol. The Bertz CT molecular complexity index is 158. The molecule has 0 fully saturated rings. The molecular weight excluding hydrogens is 132 g/mol. The van der Waals surface area contributed by atoms with Crippen molar-refractivity contribution in [2.45, 2.75) is 20.8 Å². The van der Waals surface area contributed by atoms with Gasteiger partial charge in [0.25, 0.3) is 0 Å². The van der Waals surface area contributed by atoms with Crippen molar-refractivity contribution in [1.82, 2.24) is 0 Å². The molecule has 0 atom stereocenters. The van der Waals surface area contributed by atoms with Crippen LogP contribution in [0.4, 0.5) is 0 Å². The van der Waals surface area contributed by atoms with Crippen molar-refractivity contribution in [3.05, 3.63) is 49.1 Å². The van der Waals surface area contributed by atoms with Gasteiger partial charge in [0.05, 0.1) is 0 Å². The van der Waals surface area contributed by atoms with Crippen LogP contribution < -0.4 is 0 Å². The summed E-state index contributed by atoms with van der Waals surface area (Å²) in [6.07, 6.45) is 1.72. The van der Waals surface area contributed by atoms with E-state index in [1.807, 2.05) is 20.8 Å². The molecule has 0 N–H and O–H groups in total. The SMILES string of the molecule is C=C(C)C(=C)C.C=CC(=C)C. The van der Waals surface area contributed by atoms with Crippen molar-refractivity contribution in [3.63, 3.8) is 0 Å². The summed E-state index contributed by atoms with van der Waals surface area (Å²) >= 11 is 0. The topological polar surface area (TPSA) is 0 Å². The summed E-state index contributed by atoms with van der Waals surface area (Å²) in [7, 11) is 0. The number of hydrogen-bond donors (Lipinski definition) is 0. The maximum atomic E-state index is 3.66. The molecular formula is C11H18. The monoisotopic (exact) mass is 150 g/mol. The second kappa shape index (κ2) is 7.07. The summed E-state index contributed by atoms with van der Waals surface area (Å²) in [5, 5.41) is 0. The fourth-order valence-corrected chi connectivity index (χ4v) is 0. The summed E-state index contributed by atoms with van der Waals surface area (Å²) in [4.78, 5) is 0. The minimum atomic E-state index is 1.02. The lowest BCUT2D eigenvalue weighted by molar-refractivity contribution is 1.39. The van der Waals surface area contributed by atoms with Gasteiger partial charge in [0.1, 0.15) is 0 Å². The van der Waals surface area contributed by atoms with Gasteiger partial charge in [0.15, 0.2) is 0 Å². The van der Waals surface area contributed by atoms with E-state index in [9.17, 15) is 0 Å². The number of hydrogen-bond acceptors (Lipinski definition) is 0. The number of allylic oxidation sites excluding steroid dienone is 4. The molecule has 0 aromatic rings. The van der Waals surface area contributed by atoms with Gasteiger partial charge in [0, 0.05) is 0 Å². The van der Waals surface area contributed by atoms with Gasteiger partial charge in [-0.3, -0.25) is 0 Å². The molecule has 0 radical (unpaired) electrons. The maximum absolute atomic E-state index is 3.66. The Morgan fingerprint density at radius 2 is 1.09 bits per heavy atom. The van der Waals surface area contributed by atoms with Gasteiger partial charge in [0.2, 0.25) is 0 Å². The van der Waals surface area contributed by atoms with Crippen molar-refractivity contribution < 1.29 is 0 Å². The summed E-state index contributed by atoms with van der Waals surface area (Å²) in [5.41, 5.74) is 3.15. The molecule has 0 nitrogen and oxygen atoms in total. The first-order valence-corrected chi connectivity index (χ1v) is 3.51. The van der Waals surface area contributed by atoms with Crippen LogP contribution in [0, 0.1) is 0 Å². The van der Waals surface area contributed by atoms with Crippen LogP contribution >= 0.6 is 0 Å². The van der Waals surface area contributed by atoms with Gasteiger partial charge in [-0.15, -0.1) is 0 Å². The molecule has 0 aliphatic heterocycles. The molecule has 11 heavy (non-hydrogen) atoms. The Morgan fingerprint density at radius 3 is 1.09 bits per heavy atom. The average Bonchev–Trinajstić information content (AvgIpc) is 1.89. The van der Waals surface area contributed by atoms with Crippen LogP contribution in [-0.2, 0) is 0 Å². The molecule has 0 heterocycles. The summed E-state index contributed by atoms with van der Waals surface area (Å²) < 4.78 is 0. The molecule has 62 valence electrons. The summed E-state index contributed by atoms with van der Waals surface area (Å²) in [6.45, 7) is 20.1. The molecule has 0 aromatic heterocycles. The van der Waals surface area contributed by atoms with Crippen LogP contribution in [0.2, 0.25) is 0 Å². The lowest BCUT2D eigenvalue weighted by Crippen LogP contribution is -1.67. The second-order valence-electron chi connectivity index (χ2n) is 2.61. The molecule has 0 rings (SSSR count). The van der Waals surface area contributed by atoms with Crippen LogP contribution in [0.1, 0.15) is 20.8 Å². The second-order valence-corrected chi connectivity index (χ2v) is 2.61. The quantitative estimate of drug-likeness (QED) is 0.524. The van der Waals surface area contributed by atoms with Gasteiger partial charge in [-0.05, 0) is 20.8 Å². The van der Waals surface area contributed by atoms with E-state index in [2.05, 4.69) is 26.3 Å². The minimum absolute atomic E-state index is 1.02. The molecule has 0 aliphatic rings. The van der Waals surface area contributed by atoms with Crippen LogP contribution in [-0.4, -0.2) is 0 Å². The third-order valence-corrected chi connectivity index (χ3v) is 1.08. The molecule has 0 saturated carbocycles. The van der Waals surface area contributed by atoms with Crippen LogP contribution in [0.25, 0.3) is 0 Å². The normalized spacial score (nSPS) is 7.18. The zero-order valence-corrected chi connectivity index (χ0v) is 7.91. The minimum Gasteiger partial charge on any atom is -0.0988 e. The van der Waals surface area contributed by atoms with E-state index in [0.717, 1.165) is 16.7 Å². The first-order chi connectivity index (χ1) is 4.91. The lowest BCUT2D eigenvalue weighted by Gasteiger charge is -1.88. The highest BCUT2D eigenvalue weighted by molar-refractivity contribution is 5.19. The van der Waals surface area contributed by atoms with E-state index in [1.54, 1.807) is 6.08 Å². The van der Waals surface area contributed by atoms with Crippen molar-refractivity contribution >= 4 is 0 Å². The molecule has 0 bridgehead atoms. The van der Waals surface area contributed by atoms with Crippen molar-refractivity contribution in [3.8, 4) is 0 Å². The Hall–Kier alpha value is -1.04. The Balaban J connectivity index is 0. The predicted molar refractivity (Wildman–Crippen MR) is 54.6 cm³/mol. The van der Waals surface area contributed by atoms with Gasteiger partial charge < -0.3 is 0 Å². The first-order valence-electron chi connectivity index (χ1n) is 3.51. The highest BCUT2D eigenvalue weighted by Crippen LogP contribution is 1.98.